The highest BCUT2D eigenvalue weighted by Gasteiger charge is 2.30. The third-order valence-corrected chi connectivity index (χ3v) is 6.15. The lowest BCUT2D eigenvalue weighted by Crippen LogP contribution is -2.09. The molecule has 2 aromatic heterocycles. The number of aromatic nitrogens is 2. The van der Waals surface area contributed by atoms with E-state index in [1.165, 1.54) is 0 Å². The van der Waals surface area contributed by atoms with Crippen molar-refractivity contribution in [1.29, 1.82) is 0 Å². The van der Waals surface area contributed by atoms with Crippen LogP contribution in [0.3, 0.4) is 0 Å². The van der Waals surface area contributed by atoms with Crippen molar-refractivity contribution in [2.45, 2.75) is 4.90 Å². The fourth-order valence-corrected chi connectivity index (χ4v) is 4.99. The molecule has 9 nitrogen and oxygen atoms in total. The van der Waals surface area contributed by atoms with E-state index in [2.05, 4.69) is 9.97 Å². The fourth-order valence-electron chi connectivity index (χ4n) is 3.42. The molecule has 4 rings (SSSR count). The summed E-state index contributed by atoms with van der Waals surface area (Å²) in [5, 5.41) is 17.9. The Morgan fingerprint density at radius 2 is 1.28 bits per heavy atom. The van der Waals surface area contributed by atoms with Crippen molar-refractivity contribution in [2.24, 2.45) is 0 Å². The van der Waals surface area contributed by atoms with Gasteiger partial charge in [0.25, 0.3) is 10.1 Å². The molecule has 0 aliphatic heterocycles. The van der Waals surface area contributed by atoms with Crippen molar-refractivity contribution in [3.8, 4) is 11.1 Å². The van der Waals surface area contributed by atoms with E-state index in [1.54, 1.807) is 30.3 Å². The Bertz CT molecular complexity index is 1570. The van der Waals surface area contributed by atoms with Gasteiger partial charge in [-0.3, -0.25) is 4.55 Å². The summed E-state index contributed by atoms with van der Waals surface area (Å²) in [5.74, 6) is -2.90. The van der Waals surface area contributed by atoms with Crippen LogP contribution in [-0.2, 0) is 10.1 Å². The molecule has 0 aliphatic carbocycles. The van der Waals surface area contributed by atoms with E-state index in [9.17, 15) is 32.8 Å². The summed E-state index contributed by atoms with van der Waals surface area (Å²) in [6.07, 6.45) is 0. The summed E-state index contributed by atoms with van der Waals surface area (Å²) >= 11 is 12.6. The molecule has 12 heteroatoms. The second kappa shape index (κ2) is 7.68. The van der Waals surface area contributed by atoms with Crippen LogP contribution in [0.2, 0.25) is 10.0 Å². The highest BCUT2D eigenvalue weighted by molar-refractivity contribution is 7.86. The molecule has 0 aliphatic rings. The van der Waals surface area contributed by atoms with Crippen LogP contribution >= 0.6 is 23.2 Å². The van der Waals surface area contributed by atoms with Gasteiger partial charge >= 0.3 is 11.9 Å². The Morgan fingerprint density at radius 3 is 1.75 bits per heavy atom. The van der Waals surface area contributed by atoms with Crippen LogP contribution in [0, 0.1) is 0 Å². The number of aromatic carboxylic acids is 2. The molecule has 3 N–H and O–H groups in total. The maximum Gasteiger partial charge on any atom is 0.354 e. The van der Waals surface area contributed by atoms with Crippen molar-refractivity contribution in [2.75, 3.05) is 0 Å². The second-order valence-electron chi connectivity index (χ2n) is 6.58. The Labute approximate surface area is 189 Å². The number of hydrogen-bond donors (Lipinski definition) is 3. The average molecular weight is 493 g/mol. The predicted octanol–water partition coefficient (Wildman–Crippen LogP) is 4.40. The molecule has 0 saturated heterocycles. The summed E-state index contributed by atoms with van der Waals surface area (Å²) in [4.78, 5) is 30.4. The Morgan fingerprint density at radius 1 is 0.812 bits per heavy atom. The number of rotatable bonds is 4. The first-order chi connectivity index (χ1) is 15.0. The number of pyridine rings is 2. The van der Waals surface area contributed by atoms with Crippen molar-refractivity contribution in [3.63, 3.8) is 0 Å². The van der Waals surface area contributed by atoms with Gasteiger partial charge in [0.05, 0.1) is 15.6 Å². The Balaban J connectivity index is 2.44. The minimum Gasteiger partial charge on any atom is -0.477 e. The Kier molecular flexibility index (Phi) is 5.25. The van der Waals surface area contributed by atoms with Gasteiger partial charge < -0.3 is 10.2 Å². The number of carboxylic acids is 2. The van der Waals surface area contributed by atoms with Gasteiger partial charge in [-0.1, -0.05) is 53.5 Å². The number of nitrogens with zero attached hydrogens (tertiary/aromatic N) is 2. The van der Waals surface area contributed by atoms with Gasteiger partial charge in [-0.15, -0.1) is 0 Å². The number of carbonyl (C=O) groups is 2. The van der Waals surface area contributed by atoms with E-state index in [-0.39, 0.29) is 37.4 Å². The van der Waals surface area contributed by atoms with Crippen molar-refractivity contribution < 1.29 is 32.8 Å². The molecular weight excluding hydrogens is 483 g/mol. The van der Waals surface area contributed by atoms with Crippen LogP contribution < -0.4 is 0 Å². The maximum atomic E-state index is 12.5. The van der Waals surface area contributed by atoms with Crippen molar-refractivity contribution >= 4 is 67.1 Å². The van der Waals surface area contributed by atoms with Crippen LogP contribution in [0.25, 0.3) is 32.9 Å². The number of carboxylic acid groups (broad SMARTS) is 2. The summed E-state index contributed by atoms with van der Waals surface area (Å²) in [6.45, 7) is 0. The van der Waals surface area contributed by atoms with Gasteiger partial charge in [0, 0.05) is 16.3 Å². The third-order valence-electron chi connectivity index (χ3n) is 4.63. The fraction of sp³-hybridized carbons (Fsp3) is 0. The van der Waals surface area contributed by atoms with Crippen molar-refractivity contribution in [1.82, 2.24) is 9.97 Å². The minimum absolute atomic E-state index is 0.0471. The minimum atomic E-state index is -4.97. The van der Waals surface area contributed by atoms with Gasteiger partial charge in [0.15, 0.2) is 0 Å². The molecule has 2 aromatic carbocycles. The molecule has 0 unspecified atom stereocenters. The number of fused-ring (bicyclic) bond motifs is 3. The van der Waals surface area contributed by atoms with E-state index < -0.39 is 38.3 Å². The SMILES string of the molecule is O=C(O)c1cc(Cl)c2c(-c3ccccc3)c(S(=O)(=O)O)c3c(Cl)cc(C(=O)O)nc3c2n1. The van der Waals surface area contributed by atoms with Gasteiger partial charge in [0.2, 0.25) is 0 Å². The van der Waals surface area contributed by atoms with E-state index in [1.807, 2.05) is 0 Å². The highest BCUT2D eigenvalue weighted by Crippen LogP contribution is 2.45. The van der Waals surface area contributed by atoms with Gasteiger partial charge in [-0.2, -0.15) is 8.42 Å². The first kappa shape index (κ1) is 21.9. The second-order valence-corrected chi connectivity index (χ2v) is 8.75. The zero-order valence-corrected chi connectivity index (χ0v) is 17.9. The number of hydrogen-bond acceptors (Lipinski definition) is 6. The lowest BCUT2D eigenvalue weighted by molar-refractivity contribution is 0.0680. The standard InChI is InChI=1S/C20H10Cl2N2O7S/c21-9-6-11(19(25)26)23-16-14(9)13(8-4-2-1-3-5-8)18(32(29,30)31)15-10(22)7-12(20(27)28)24-17(15)16/h1-7H,(H,25,26)(H,27,28)(H,29,30,31). The molecule has 2 heterocycles. The van der Waals surface area contributed by atoms with Crippen LogP contribution in [0.15, 0.2) is 47.4 Å². The summed E-state index contributed by atoms with van der Waals surface area (Å²) < 4.78 is 35.2. The molecule has 0 atom stereocenters. The van der Waals surface area contributed by atoms with E-state index >= 15 is 0 Å². The zero-order valence-electron chi connectivity index (χ0n) is 15.6. The molecular formula is C20H10Cl2N2O7S. The maximum absolute atomic E-state index is 12.5. The molecule has 0 radical (unpaired) electrons. The highest BCUT2D eigenvalue weighted by atomic mass is 35.5. The topological polar surface area (TPSA) is 155 Å². The predicted molar refractivity (Wildman–Crippen MR) is 116 cm³/mol. The lowest BCUT2D eigenvalue weighted by atomic mass is 9.96. The van der Waals surface area contributed by atoms with Crippen LogP contribution in [0.5, 0.6) is 0 Å². The zero-order chi connectivity index (χ0) is 23.4. The first-order valence-corrected chi connectivity index (χ1v) is 10.9. The van der Waals surface area contributed by atoms with Gasteiger partial charge in [-0.25, -0.2) is 19.6 Å². The number of benzene rings is 2. The summed E-state index contributed by atoms with van der Waals surface area (Å²) in [5.41, 5.74) is -1.35. The van der Waals surface area contributed by atoms with Gasteiger partial charge in [0.1, 0.15) is 21.8 Å². The van der Waals surface area contributed by atoms with E-state index in [0.29, 0.717) is 5.56 Å². The third kappa shape index (κ3) is 3.53. The van der Waals surface area contributed by atoms with Crippen LogP contribution in [-0.4, -0.2) is 45.1 Å². The average Bonchev–Trinajstić information content (AvgIpc) is 2.72. The molecule has 32 heavy (non-hydrogen) atoms. The van der Waals surface area contributed by atoms with Crippen LogP contribution in [0.1, 0.15) is 21.0 Å². The quantitative estimate of drug-likeness (QED) is 0.277. The normalized spacial score (nSPS) is 11.7. The lowest BCUT2D eigenvalue weighted by Gasteiger charge is -2.17. The smallest absolute Gasteiger partial charge is 0.354 e. The largest absolute Gasteiger partial charge is 0.477 e. The first-order valence-electron chi connectivity index (χ1n) is 8.66. The molecule has 0 bridgehead atoms. The monoisotopic (exact) mass is 492 g/mol. The van der Waals surface area contributed by atoms with Crippen LogP contribution in [0.4, 0.5) is 0 Å². The van der Waals surface area contributed by atoms with Gasteiger partial charge in [-0.05, 0) is 17.7 Å². The molecule has 0 saturated carbocycles. The van der Waals surface area contributed by atoms with E-state index in [0.717, 1.165) is 12.1 Å². The number of halogens is 2. The molecule has 4 aromatic rings. The molecule has 0 amide bonds. The molecule has 162 valence electrons. The summed E-state index contributed by atoms with van der Waals surface area (Å²) in [6, 6.07) is 9.92. The van der Waals surface area contributed by atoms with E-state index in [4.69, 9.17) is 23.2 Å². The molecule has 0 fully saturated rings. The Hall–Kier alpha value is -3.31. The molecule has 0 spiro atoms. The summed E-state index contributed by atoms with van der Waals surface area (Å²) in [7, 11) is -4.97. The van der Waals surface area contributed by atoms with Crippen molar-refractivity contribution in [3.05, 3.63) is 63.9 Å².